The SMILES string of the molecule is CCCCCc1c[nH]nn1.Cc1ccccc1. The molecule has 92 valence electrons. The maximum atomic E-state index is 3.88. The molecule has 1 N–H and O–H groups in total. The standard InChI is InChI=1S/C7H13N3.C7H8/c1-2-3-4-5-7-6-8-10-9-7;1-7-5-3-2-4-6-7/h6H,2-5H2,1H3,(H,8,9,10);2-6H,1H3. The first-order valence-corrected chi connectivity index (χ1v) is 6.20. The van der Waals surface area contributed by atoms with Crippen LogP contribution in [0.1, 0.15) is 37.4 Å². The number of nitrogens with one attached hydrogen (secondary N) is 1. The number of aromatic nitrogens is 3. The lowest BCUT2D eigenvalue weighted by molar-refractivity contribution is 0.705. The minimum absolute atomic E-state index is 1.06. The normalized spacial score (nSPS) is 9.53. The molecule has 0 saturated heterocycles. The minimum atomic E-state index is 1.06. The van der Waals surface area contributed by atoms with Gasteiger partial charge in [0, 0.05) is 6.20 Å². The van der Waals surface area contributed by atoms with Gasteiger partial charge in [0.25, 0.3) is 0 Å². The second-order valence-corrected chi connectivity index (χ2v) is 4.08. The van der Waals surface area contributed by atoms with E-state index in [4.69, 9.17) is 0 Å². The average Bonchev–Trinajstić information content (AvgIpc) is 2.84. The molecule has 0 bridgehead atoms. The van der Waals surface area contributed by atoms with Gasteiger partial charge >= 0.3 is 0 Å². The number of H-pyrrole nitrogens is 1. The number of hydrogen-bond acceptors (Lipinski definition) is 2. The van der Waals surface area contributed by atoms with Crippen LogP contribution in [0.25, 0.3) is 0 Å². The summed E-state index contributed by atoms with van der Waals surface area (Å²) in [4.78, 5) is 0. The van der Waals surface area contributed by atoms with Crippen LogP contribution in [0.5, 0.6) is 0 Å². The first kappa shape index (κ1) is 13.4. The van der Waals surface area contributed by atoms with Gasteiger partial charge in [-0.1, -0.05) is 60.9 Å². The Bertz CT molecular complexity index is 368. The number of aromatic amines is 1. The molecule has 0 spiro atoms. The van der Waals surface area contributed by atoms with E-state index in [0.29, 0.717) is 0 Å². The summed E-state index contributed by atoms with van der Waals surface area (Å²) in [7, 11) is 0. The Labute approximate surface area is 103 Å². The highest BCUT2D eigenvalue weighted by Crippen LogP contribution is 2.00. The fourth-order valence-electron chi connectivity index (χ4n) is 1.44. The highest BCUT2D eigenvalue weighted by molar-refractivity contribution is 5.11. The maximum absolute atomic E-state index is 3.88. The number of rotatable bonds is 4. The molecule has 0 aliphatic rings. The second kappa shape index (κ2) is 8.50. The van der Waals surface area contributed by atoms with Gasteiger partial charge in [-0.25, -0.2) is 0 Å². The van der Waals surface area contributed by atoms with E-state index < -0.39 is 0 Å². The molecule has 0 saturated carbocycles. The van der Waals surface area contributed by atoms with Gasteiger partial charge in [0.15, 0.2) is 0 Å². The van der Waals surface area contributed by atoms with E-state index in [1.807, 2.05) is 24.4 Å². The molecule has 0 radical (unpaired) electrons. The zero-order valence-corrected chi connectivity index (χ0v) is 10.7. The summed E-state index contributed by atoms with van der Waals surface area (Å²) in [6.45, 7) is 4.28. The summed E-state index contributed by atoms with van der Waals surface area (Å²) in [6, 6.07) is 10.3. The Morgan fingerprint density at radius 1 is 1.12 bits per heavy atom. The van der Waals surface area contributed by atoms with Crippen molar-refractivity contribution in [3.05, 3.63) is 47.8 Å². The molecule has 0 aliphatic heterocycles. The van der Waals surface area contributed by atoms with Gasteiger partial charge in [0.05, 0.1) is 5.69 Å². The highest BCUT2D eigenvalue weighted by Gasteiger charge is 1.93. The lowest BCUT2D eigenvalue weighted by Gasteiger charge is -1.91. The van der Waals surface area contributed by atoms with Crippen molar-refractivity contribution in [2.75, 3.05) is 0 Å². The molecule has 0 fully saturated rings. The van der Waals surface area contributed by atoms with Gasteiger partial charge in [-0.2, -0.15) is 0 Å². The smallest absolute Gasteiger partial charge is 0.0824 e. The fourth-order valence-corrected chi connectivity index (χ4v) is 1.44. The third-order valence-electron chi connectivity index (χ3n) is 2.44. The van der Waals surface area contributed by atoms with Crippen LogP contribution in [-0.4, -0.2) is 15.4 Å². The number of hydrogen-bond donors (Lipinski definition) is 1. The summed E-state index contributed by atoms with van der Waals surface area (Å²) in [5, 5.41) is 10.2. The number of benzene rings is 1. The van der Waals surface area contributed by atoms with E-state index >= 15 is 0 Å². The molecule has 0 atom stereocenters. The third kappa shape index (κ3) is 6.51. The predicted molar refractivity (Wildman–Crippen MR) is 70.8 cm³/mol. The lowest BCUT2D eigenvalue weighted by atomic mass is 10.2. The van der Waals surface area contributed by atoms with Gasteiger partial charge in [-0.05, 0) is 19.8 Å². The second-order valence-electron chi connectivity index (χ2n) is 4.08. The largest absolute Gasteiger partial charge is 0.265 e. The Morgan fingerprint density at radius 3 is 2.35 bits per heavy atom. The summed E-state index contributed by atoms with van der Waals surface area (Å²) in [6.07, 6.45) is 6.69. The van der Waals surface area contributed by atoms with Crippen LogP contribution < -0.4 is 0 Å². The quantitative estimate of drug-likeness (QED) is 0.818. The monoisotopic (exact) mass is 231 g/mol. The van der Waals surface area contributed by atoms with Crippen LogP contribution in [0.2, 0.25) is 0 Å². The van der Waals surface area contributed by atoms with Crippen LogP contribution >= 0.6 is 0 Å². The topological polar surface area (TPSA) is 41.6 Å². The Hall–Kier alpha value is -1.64. The first-order chi connectivity index (χ1) is 8.33. The van der Waals surface area contributed by atoms with Crippen LogP contribution in [0.4, 0.5) is 0 Å². The van der Waals surface area contributed by atoms with E-state index in [9.17, 15) is 0 Å². The molecule has 2 aromatic rings. The molecule has 1 aromatic heterocycles. The Kier molecular flexibility index (Phi) is 6.72. The lowest BCUT2D eigenvalue weighted by Crippen LogP contribution is -1.84. The van der Waals surface area contributed by atoms with Crippen LogP contribution in [0.15, 0.2) is 36.5 Å². The number of unbranched alkanes of at least 4 members (excludes halogenated alkanes) is 2. The summed E-state index contributed by atoms with van der Waals surface area (Å²) < 4.78 is 0. The molecule has 0 amide bonds. The van der Waals surface area contributed by atoms with Crippen molar-refractivity contribution in [1.29, 1.82) is 0 Å². The van der Waals surface area contributed by atoms with Crippen molar-refractivity contribution >= 4 is 0 Å². The molecule has 3 heteroatoms. The molecule has 1 aromatic carbocycles. The van der Waals surface area contributed by atoms with Crippen molar-refractivity contribution < 1.29 is 0 Å². The fraction of sp³-hybridized carbons (Fsp3) is 0.429. The number of nitrogens with zero attached hydrogens (tertiary/aromatic N) is 2. The van der Waals surface area contributed by atoms with E-state index in [1.54, 1.807) is 0 Å². The third-order valence-corrected chi connectivity index (χ3v) is 2.44. The molecule has 2 rings (SSSR count). The molecule has 17 heavy (non-hydrogen) atoms. The molecular formula is C14H21N3. The van der Waals surface area contributed by atoms with Crippen molar-refractivity contribution in [2.45, 2.75) is 39.5 Å². The zero-order valence-electron chi connectivity index (χ0n) is 10.7. The van der Waals surface area contributed by atoms with Gasteiger partial charge in [0.2, 0.25) is 0 Å². The number of aryl methyl sites for hydroxylation is 2. The van der Waals surface area contributed by atoms with E-state index in [0.717, 1.165) is 12.1 Å². The van der Waals surface area contributed by atoms with Gasteiger partial charge in [-0.3, -0.25) is 5.10 Å². The van der Waals surface area contributed by atoms with E-state index in [1.165, 1.54) is 24.8 Å². The Morgan fingerprint density at radius 2 is 1.88 bits per heavy atom. The van der Waals surface area contributed by atoms with Crippen molar-refractivity contribution in [3.63, 3.8) is 0 Å². The molecular weight excluding hydrogens is 210 g/mol. The first-order valence-electron chi connectivity index (χ1n) is 6.20. The molecule has 1 heterocycles. The predicted octanol–water partition coefficient (Wildman–Crippen LogP) is 3.53. The zero-order chi connectivity index (χ0) is 12.3. The van der Waals surface area contributed by atoms with Crippen LogP contribution in [0, 0.1) is 6.92 Å². The van der Waals surface area contributed by atoms with Gasteiger partial charge < -0.3 is 0 Å². The van der Waals surface area contributed by atoms with Gasteiger partial charge in [0.1, 0.15) is 0 Å². The molecule has 0 unspecified atom stereocenters. The maximum Gasteiger partial charge on any atom is 0.0824 e. The minimum Gasteiger partial charge on any atom is -0.265 e. The summed E-state index contributed by atoms with van der Waals surface area (Å²) >= 11 is 0. The van der Waals surface area contributed by atoms with Gasteiger partial charge in [-0.15, -0.1) is 5.10 Å². The van der Waals surface area contributed by atoms with Crippen molar-refractivity contribution in [3.8, 4) is 0 Å². The summed E-state index contributed by atoms with van der Waals surface area (Å²) in [5.41, 5.74) is 2.40. The Balaban J connectivity index is 0.000000181. The molecule has 3 nitrogen and oxygen atoms in total. The highest BCUT2D eigenvalue weighted by atomic mass is 15.3. The van der Waals surface area contributed by atoms with Crippen LogP contribution in [0.3, 0.4) is 0 Å². The van der Waals surface area contributed by atoms with Crippen LogP contribution in [-0.2, 0) is 6.42 Å². The van der Waals surface area contributed by atoms with E-state index in [-0.39, 0.29) is 0 Å². The van der Waals surface area contributed by atoms with E-state index in [2.05, 4.69) is 41.4 Å². The molecule has 0 aliphatic carbocycles. The van der Waals surface area contributed by atoms with Crippen molar-refractivity contribution in [2.24, 2.45) is 0 Å². The average molecular weight is 231 g/mol. The summed E-state index contributed by atoms with van der Waals surface area (Å²) in [5.74, 6) is 0. The van der Waals surface area contributed by atoms with Crippen molar-refractivity contribution in [1.82, 2.24) is 15.4 Å².